The molecule has 7 heteroatoms. The number of hydrogen-bond donors (Lipinski definition) is 3. The van der Waals surface area contributed by atoms with Crippen molar-refractivity contribution in [1.82, 2.24) is 9.97 Å². The lowest BCUT2D eigenvalue weighted by Gasteiger charge is -2.29. The molecule has 0 aliphatic heterocycles. The number of aromatic nitrogens is 2. The number of nitrogens with one attached hydrogen (secondary N) is 2. The van der Waals surface area contributed by atoms with E-state index in [0.717, 1.165) is 38.7 Å². The van der Waals surface area contributed by atoms with Gasteiger partial charge in [0.25, 0.3) is 5.91 Å². The minimum atomic E-state index is -0.498. The van der Waals surface area contributed by atoms with Crippen molar-refractivity contribution in [3.8, 4) is 0 Å². The molecule has 1 amide bonds. The fourth-order valence-electron chi connectivity index (χ4n) is 3.76. The molecule has 1 atom stereocenters. The average molecular weight is 361 g/mol. The van der Waals surface area contributed by atoms with Crippen molar-refractivity contribution in [2.45, 2.75) is 77.0 Å². The van der Waals surface area contributed by atoms with Crippen LogP contribution < -0.4 is 16.4 Å². The minimum Gasteiger partial charge on any atom is -0.379 e. The number of anilines is 2. The average Bonchev–Trinajstić information content (AvgIpc) is 3.46. The zero-order valence-electron chi connectivity index (χ0n) is 15.8. The second-order valence-electron chi connectivity index (χ2n) is 7.39. The van der Waals surface area contributed by atoms with E-state index in [4.69, 9.17) is 10.5 Å². The molecule has 0 spiro atoms. The van der Waals surface area contributed by atoms with Crippen LogP contribution in [0.2, 0.25) is 0 Å². The molecule has 144 valence electrons. The van der Waals surface area contributed by atoms with E-state index in [2.05, 4.69) is 27.5 Å². The maximum Gasteiger partial charge on any atom is 0.254 e. The molecule has 1 aromatic rings. The molecule has 26 heavy (non-hydrogen) atoms. The Morgan fingerprint density at radius 1 is 1.27 bits per heavy atom. The molecule has 4 N–H and O–H groups in total. The Kier molecular flexibility index (Phi) is 6.29. The highest BCUT2D eigenvalue weighted by Crippen LogP contribution is 2.36. The molecule has 1 heterocycles. The molecule has 0 saturated heterocycles. The van der Waals surface area contributed by atoms with Crippen LogP contribution in [0.5, 0.6) is 0 Å². The summed E-state index contributed by atoms with van der Waals surface area (Å²) in [6.07, 6.45) is 9.54. The lowest BCUT2D eigenvalue weighted by atomic mass is 9.93. The number of hydrogen-bond acceptors (Lipinski definition) is 6. The van der Waals surface area contributed by atoms with Crippen LogP contribution in [-0.2, 0) is 4.74 Å². The van der Waals surface area contributed by atoms with Crippen LogP contribution in [0.4, 0.5) is 11.8 Å². The second-order valence-corrected chi connectivity index (χ2v) is 7.39. The van der Waals surface area contributed by atoms with Crippen LogP contribution in [-0.4, -0.2) is 40.7 Å². The Bertz CT molecular complexity index is 612. The van der Waals surface area contributed by atoms with E-state index in [1.165, 1.54) is 19.0 Å². The van der Waals surface area contributed by atoms with Crippen molar-refractivity contribution < 1.29 is 9.53 Å². The van der Waals surface area contributed by atoms with Gasteiger partial charge in [-0.25, -0.2) is 4.98 Å². The molecule has 2 aliphatic rings. The van der Waals surface area contributed by atoms with E-state index >= 15 is 0 Å². The summed E-state index contributed by atoms with van der Waals surface area (Å²) in [6, 6.07) is 0.668. The molecular weight excluding hydrogens is 330 g/mol. The number of carbonyl (C=O) groups is 1. The molecule has 7 nitrogen and oxygen atoms in total. The summed E-state index contributed by atoms with van der Waals surface area (Å²) in [5, 5.41) is 6.85. The Hall–Kier alpha value is -1.89. The topological polar surface area (TPSA) is 102 Å². The predicted octanol–water partition coefficient (Wildman–Crippen LogP) is 2.94. The van der Waals surface area contributed by atoms with E-state index in [1.807, 2.05) is 6.92 Å². The minimum absolute atomic E-state index is 0.331. The first-order valence-electron chi connectivity index (χ1n) is 9.92. The highest BCUT2D eigenvalue weighted by Gasteiger charge is 2.31. The number of carbonyl (C=O) groups excluding carboxylic acids is 1. The number of amides is 1. The van der Waals surface area contributed by atoms with E-state index in [1.54, 1.807) is 0 Å². The van der Waals surface area contributed by atoms with Gasteiger partial charge in [-0.05, 0) is 57.8 Å². The molecule has 2 aliphatic carbocycles. The SMILES string of the molecule is CCOC1CCC(Nc2ncc(C(N)=O)c(N[C@@H](CC)C3CC3)n2)CC1. The Morgan fingerprint density at radius 2 is 2.00 bits per heavy atom. The van der Waals surface area contributed by atoms with Crippen molar-refractivity contribution >= 4 is 17.7 Å². The fraction of sp³-hybridized carbons (Fsp3) is 0.737. The van der Waals surface area contributed by atoms with Crippen LogP contribution >= 0.6 is 0 Å². The fourth-order valence-corrected chi connectivity index (χ4v) is 3.76. The first kappa shape index (κ1) is 18.9. The Labute approximate surface area is 155 Å². The van der Waals surface area contributed by atoms with Gasteiger partial charge in [0.15, 0.2) is 0 Å². The second kappa shape index (κ2) is 8.66. The quantitative estimate of drug-likeness (QED) is 0.625. The van der Waals surface area contributed by atoms with Gasteiger partial charge >= 0.3 is 0 Å². The van der Waals surface area contributed by atoms with Crippen LogP contribution in [0.3, 0.4) is 0 Å². The summed E-state index contributed by atoms with van der Waals surface area (Å²) in [5.74, 6) is 1.28. The molecule has 0 unspecified atom stereocenters. The van der Waals surface area contributed by atoms with Gasteiger partial charge in [0.1, 0.15) is 5.82 Å². The third kappa shape index (κ3) is 4.84. The van der Waals surface area contributed by atoms with Gasteiger partial charge in [-0.1, -0.05) is 6.92 Å². The smallest absolute Gasteiger partial charge is 0.254 e. The van der Waals surface area contributed by atoms with Gasteiger partial charge in [0, 0.05) is 24.9 Å². The highest BCUT2D eigenvalue weighted by molar-refractivity contribution is 5.97. The summed E-state index contributed by atoms with van der Waals surface area (Å²) < 4.78 is 5.71. The normalized spacial score (nSPS) is 24.1. The Morgan fingerprint density at radius 3 is 2.58 bits per heavy atom. The maximum atomic E-state index is 11.7. The highest BCUT2D eigenvalue weighted by atomic mass is 16.5. The van der Waals surface area contributed by atoms with Gasteiger partial charge in [-0.15, -0.1) is 0 Å². The molecule has 2 fully saturated rings. The van der Waals surface area contributed by atoms with Gasteiger partial charge in [-0.3, -0.25) is 4.79 Å². The van der Waals surface area contributed by atoms with Crippen LogP contribution in [0, 0.1) is 5.92 Å². The van der Waals surface area contributed by atoms with Gasteiger partial charge in [0.05, 0.1) is 11.7 Å². The number of primary amides is 1. The van der Waals surface area contributed by atoms with E-state index in [0.29, 0.717) is 41.4 Å². The molecule has 1 aromatic heterocycles. The van der Waals surface area contributed by atoms with Crippen molar-refractivity contribution in [3.05, 3.63) is 11.8 Å². The monoisotopic (exact) mass is 361 g/mol. The summed E-state index contributed by atoms with van der Waals surface area (Å²) in [4.78, 5) is 20.6. The van der Waals surface area contributed by atoms with Gasteiger partial charge in [0.2, 0.25) is 5.95 Å². The third-order valence-corrected chi connectivity index (χ3v) is 5.42. The van der Waals surface area contributed by atoms with E-state index in [-0.39, 0.29) is 0 Å². The van der Waals surface area contributed by atoms with E-state index < -0.39 is 5.91 Å². The Balaban J connectivity index is 1.66. The molecular formula is C19H31N5O2. The van der Waals surface area contributed by atoms with Crippen molar-refractivity contribution in [2.75, 3.05) is 17.2 Å². The molecule has 2 saturated carbocycles. The van der Waals surface area contributed by atoms with Gasteiger partial charge in [-0.2, -0.15) is 4.98 Å². The summed E-state index contributed by atoms with van der Waals surface area (Å²) in [5.41, 5.74) is 5.86. The zero-order chi connectivity index (χ0) is 18.5. The van der Waals surface area contributed by atoms with Crippen LogP contribution in [0.15, 0.2) is 6.20 Å². The first-order valence-corrected chi connectivity index (χ1v) is 9.92. The van der Waals surface area contributed by atoms with Crippen molar-refractivity contribution in [2.24, 2.45) is 11.7 Å². The molecule has 3 rings (SSSR count). The third-order valence-electron chi connectivity index (χ3n) is 5.42. The van der Waals surface area contributed by atoms with E-state index in [9.17, 15) is 4.79 Å². The van der Waals surface area contributed by atoms with Crippen molar-refractivity contribution in [1.29, 1.82) is 0 Å². The summed E-state index contributed by atoms with van der Waals surface area (Å²) in [6.45, 7) is 4.96. The number of nitrogens with zero attached hydrogens (tertiary/aromatic N) is 2. The predicted molar refractivity (Wildman–Crippen MR) is 102 cm³/mol. The summed E-state index contributed by atoms with van der Waals surface area (Å²) in [7, 11) is 0. The van der Waals surface area contributed by atoms with Gasteiger partial charge < -0.3 is 21.1 Å². The summed E-state index contributed by atoms with van der Waals surface area (Å²) >= 11 is 0. The number of rotatable bonds is 9. The van der Waals surface area contributed by atoms with Crippen LogP contribution in [0.25, 0.3) is 0 Å². The first-order chi connectivity index (χ1) is 12.6. The molecule has 0 aromatic carbocycles. The standard InChI is InChI=1S/C19H31N5O2/c1-3-16(12-5-6-12)23-18-15(17(20)25)11-21-19(24-18)22-13-7-9-14(10-8-13)26-4-2/h11-14,16H,3-10H2,1-2H3,(H2,20,25)(H2,21,22,23,24)/t13?,14?,16-/m0/s1. The molecule has 0 bridgehead atoms. The molecule has 0 radical (unpaired) electrons. The van der Waals surface area contributed by atoms with Crippen LogP contribution in [0.1, 0.15) is 69.2 Å². The number of ether oxygens (including phenoxy) is 1. The lowest BCUT2D eigenvalue weighted by Crippen LogP contribution is -2.31. The van der Waals surface area contributed by atoms with Crippen molar-refractivity contribution in [3.63, 3.8) is 0 Å². The zero-order valence-corrected chi connectivity index (χ0v) is 15.8. The maximum absolute atomic E-state index is 11.7. The number of nitrogens with two attached hydrogens (primary N) is 1. The largest absolute Gasteiger partial charge is 0.379 e. The lowest BCUT2D eigenvalue weighted by molar-refractivity contribution is 0.0346.